The van der Waals surface area contributed by atoms with Crippen LogP contribution in [0.4, 0.5) is 5.82 Å². The van der Waals surface area contributed by atoms with E-state index in [4.69, 9.17) is 5.73 Å². The second-order valence-corrected chi connectivity index (χ2v) is 4.04. The van der Waals surface area contributed by atoms with Gasteiger partial charge in [0.05, 0.1) is 4.47 Å². The summed E-state index contributed by atoms with van der Waals surface area (Å²) >= 11 is 3.42. The van der Waals surface area contributed by atoms with Gasteiger partial charge in [0.15, 0.2) is 0 Å². The molecule has 0 aromatic carbocycles. The van der Waals surface area contributed by atoms with Crippen molar-refractivity contribution >= 4 is 21.7 Å². The third-order valence-electron chi connectivity index (χ3n) is 2.17. The molecule has 1 unspecified atom stereocenters. The van der Waals surface area contributed by atoms with Gasteiger partial charge in [0.2, 0.25) is 0 Å². The quantitative estimate of drug-likeness (QED) is 0.791. The van der Waals surface area contributed by atoms with Gasteiger partial charge in [-0.2, -0.15) is 0 Å². The average Bonchev–Trinajstić information content (AvgIpc) is 2.53. The van der Waals surface area contributed by atoms with E-state index in [2.05, 4.69) is 30.8 Å². The van der Waals surface area contributed by atoms with Crippen molar-refractivity contribution in [2.75, 3.05) is 18.0 Å². The first-order chi connectivity index (χ1) is 6.27. The fraction of sp³-hybridized carbons (Fsp3) is 0.500. The minimum Gasteiger partial charge on any atom is -0.354 e. The minimum absolute atomic E-state index is 0.280. The number of hydrogen-bond acceptors (Lipinski definition) is 4. The standard InChI is InChI=1S/C8H11BrN4/c9-7-3-11-5-12-8(7)13-2-1-6(10)4-13/h3,5-6H,1-2,4,10H2. The Morgan fingerprint density at radius 3 is 3.08 bits per heavy atom. The van der Waals surface area contributed by atoms with Gasteiger partial charge >= 0.3 is 0 Å². The molecule has 4 nitrogen and oxygen atoms in total. The highest BCUT2D eigenvalue weighted by atomic mass is 79.9. The number of rotatable bonds is 1. The molecule has 1 atom stereocenters. The van der Waals surface area contributed by atoms with Gasteiger partial charge in [0.1, 0.15) is 12.1 Å². The highest BCUT2D eigenvalue weighted by molar-refractivity contribution is 9.10. The largest absolute Gasteiger partial charge is 0.354 e. The van der Waals surface area contributed by atoms with Crippen molar-refractivity contribution in [3.63, 3.8) is 0 Å². The van der Waals surface area contributed by atoms with Gasteiger partial charge in [0, 0.05) is 25.3 Å². The highest BCUT2D eigenvalue weighted by Crippen LogP contribution is 2.24. The predicted molar refractivity (Wildman–Crippen MR) is 54.5 cm³/mol. The molecule has 2 heterocycles. The Hall–Kier alpha value is -0.680. The van der Waals surface area contributed by atoms with Crippen molar-refractivity contribution in [2.45, 2.75) is 12.5 Å². The van der Waals surface area contributed by atoms with Crippen LogP contribution in [0.2, 0.25) is 0 Å². The first-order valence-corrected chi connectivity index (χ1v) is 5.02. The fourth-order valence-corrected chi connectivity index (χ4v) is 1.99. The summed E-state index contributed by atoms with van der Waals surface area (Å²) in [5, 5.41) is 0. The molecule has 1 fully saturated rings. The molecule has 70 valence electrons. The Morgan fingerprint density at radius 2 is 2.46 bits per heavy atom. The SMILES string of the molecule is NC1CCN(c2ncncc2Br)C1. The third kappa shape index (κ3) is 1.81. The van der Waals surface area contributed by atoms with Gasteiger partial charge in [-0.05, 0) is 22.4 Å². The summed E-state index contributed by atoms with van der Waals surface area (Å²) in [5.74, 6) is 0.947. The monoisotopic (exact) mass is 242 g/mol. The molecule has 2 N–H and O–H groups in total. The second kappa shape index (κ2) is 3.59. The van der Waals surface area contributed by atoms with E-state index in [1.54, 1.807) is 12.5 Å². The molecule has 0 radical (unpaired) electrons. The lowest BCUT2D eigenvalue weighted by atomic mass is 10.3. The van der Waals surface area contributed by atoms with E-state index in [0.29, 0.717) is 0 Å². The molecule has 1 aromatic rings. The second-order valence-electron chi connectivity index (χ2n) is 3.19. The molecule has 0 aliphatic carbocycles. The number of halogens is 1. The van der Waals surface area contributed by atoms with Crippen molar-refractivity contribution in [2.24, 2.45) is 5.73 Å². The van der Waals surface area contributed by atoms with E-state index in [1.165, 1.54) is 0 Å². The van der Waals surface area contributed by atoms with Gasteiger partial charge in [0.25, 0.3) is 0 Å². The van der Waals surface area contributed by atoms with E-state index in [9.17, 15) is 0 Å². The first kappa shape index (κ1) is 8.90. The van der Waals surface area contributed by atoms with Crippen LogP contribution in [0, 0.1) is 0 Å². The van der Waals surface area contributed by atoms with Crippen LogP contribution in [0.3, 0.4) is 0 Å². The Labute approximate surface area is 85.3 Å². The van der Waals surface area contributed by atoms with E-state index in [-0.39, 0.29) is 6.04 Å². The smallest absolute Gasteiger partial charge is 0.146 e. The van der Waals surface area contributed by atoms with E-state index >= 15 is 0 Å². The number of nitrogens with two attached hydrogens (primary N) is 1. The van der Waals surface area contributed by atoms with Gasteiger partial charge in [-0.3, -0.25) is 0 Å². The summed E-state index contributed by atoms with van der Waals surface area (Å²) in [6.45, 7) is 1.87. The van der Waals surface area contributed by atoms with Crippen LogP contribution in [-0.2, 0) is 0 Å². The minimum atomic E-state index is 0.280. The molecule has 5 heteroatoms. The van der Waals surface area contributed by atoms with Gasteiger partial charge in [-0.25, -0.2) is 9.97 Å². The normalized spacial score (nSPS) is 22.3. The van der Waals surface area contributed by atoms with Crippen LogP contribution >= 0.6 is 15.9 Å². The lowest BCUT2D eigenvalue weighted by molar-refractivity contribution is 0.751. The molecule has 13 heavy (non-hydrogen) atoms. The van der Waals surface area contributed by atoms with E-state index < -0.39 is 0 Å². The Bertz CT molecular complexity index is 304. The number of anilines is 1. The van der Waals surface area contributed by atoms with E-state index in [0.717, 1.165) is 29.8 Å². The van der Waals surface area contributed by atoms with Crippen LogP contribution < -0.4 is 10.6 Å². The summed E-state index contributed by atoms with van der Waals surface area (Å²) in [7, 11) is 0. The molecule has 0 saturated carbocycles. The van der Waals surface area contributed by atoms with Crippen molar-refractivity contribution in [3.05, 3.63) is 17.0 Å². The highest BCUT2D eigenvalue weighted by Gasteiger charge is 2.21. The molecular weight excluding hydrogens is 232 g/mol. The maximum atomic E-state index is 5.81. The molecule has 1 aromatic heterocycles. The van der Waals surface area contributed by atoms with Crippen molar-refractivity contribution in [1.29, 1.82) is 0 Å². The number of hydrogen-bond donors (Lipinski definition) is 1. The third-order valence-corrected chi connectivity index (χ3v) is 2.73. The van der Waals surface area contributed by atoms with Crippen molar-refractivity contribution in [3.8, 4) is 0 Å². The molecule has 1 saturated heterocycles. The van der Waals surface area contributed by atoms with Crippen LogP contribution in [0.15, 0.2) is 17.0 Å². The molecule has 0 amide bonds. The first-order valence-electron chi connectivity index (χ1n) is 4.23. The maximum Gasteiger partial charge on any atom is 0.146 e. The van der Waals surface area contributed by atoms with Crippen LogP contribution in [0.25, 0.3) is 0 Å². The molecule has 2 rings (SSSR count). The van der Waals surface area contributed by atoms with Crippen LogP contribution in [-0.4, -0.2) is 29.1 Å². The summed E-state index contributed by atoms with van der Waals surface area (Å²) in [4.78, 5) is 10.3. The molecule has 1 aliphatic heterocycles. The van der Waals surface area contributed by atoms with E-state index in [1.807, 2.05) is 0 Å². The van der Waals surface area contributed by atoms with Gasteiger partial charge in [-0.15, -0.1) is 0 Å². The fourth-order valence-electron chi connectivity index (χ4n) is 1.52. The Morgan fingerprint density at radius 1 is 1.62 bits per heavy atom. The van der Waals surface area contributed by atoms with Crippen molar-refractivity contribution < 1.29 is 0 Å². The lowest BCUT2D eigenvalue weighted by Crippen LogP contribution is -2.27. The van der Waals surface area contributed by atoms with Crippen LogP contribution in [0.5, 0.6) is 0 Å². The maximum absolute atomic E-state index is 5.81. The summed E-state index contributed by atoms with van der Waals surface area (Å²) < 4.78 is 0.934. The number of aromatic nitrogens is 2. The average molecular weight is 243 g/mol. The molecule has 0 bridgehead atoms. The Balaban J connectivity index is 2.21. The topological polar surface area (TPSA) is 55.0 Å². The van der Waals surface area contributed by atoms with Gasteiger partial charge in [-0.1, -0.05) is 0 Å². The van der Waals surface area contributed by atoms with Crippen molar-refractivity contribution in [1.82, 2.24) is 9.97 Å². The molecule has 0 spiro atoms. The zero-order valence-electron chi connectivity index (χ0n) is 7.15. The zero-order valence-corrected chi connectivity index (χ0v) is 8.74. The molecule has 1 aliphatic rings. The Kier molecular flexibility index (Phi) is 2.46. The lowest BCUT2D eigenvalue weighted by Gasteiger charge is -2.17. The zero-order chi connectivity index (χ0) is 9.26. The molecular formula is C8H11BrN4. The van der Waals surface area contributed by atoms with Gasteiger partial charge < -0.3 is 10.6 Å². The van der Waals surface area contributed by atoms with Crippen LogP contribution in [0.1, 0.15) is 6.42 Å². The summed E-state index contributed by atoms with van der Waals surface area (Å²) in [6, 6.07) is 0.280. The predicted octanol–water partition coefficient (Wildman–Crippen LogP) is 0.776. The summed E-state index contributed by atoms with van der Waals surface area (Å²) in [5.41, 5.74) is 5.81. The number of nitrogens with zero attached hydrogens (tertiary/aromatic N) is 3. The summed E-state index contributed by atoms with van der Waals surface area (Å²) in [6.07, 6.45) is 4.35.